The summed E-state index contributed by atoms with van der Waals surface area (Å²) in [6.07, 6.45) is 2.00. The summed E-state index contributed by atoms with van der Waals surface area (Å²) in [5.74, 6) is 0.464. The minimum Gasteiger partial charge on any atom is -0.381 e. The van der Waals surface area contributed by atoms with Gasteiger partial charge in [-0.1, -0.05) is 19.1 Å². The molecule has 0 bridgehead atoms. The lowest BCUT2D eigenvalue weighted by Gasteiger charge is -2.25. The largest absolute Gasteiger partial charge is 0.381 e. The molecule has 0 aromatic heterocycles. The second kappa shape index (κ2) is 7.64. The molecule has 1 N–H and O–H groups in total. The van der Waals surface area contributed by atoms with E-state index in [1.165, 1.54) is 0 Å². The van der Waals surface area contributed by atoms with Crippen LogP contribution in [0.25, 0.3) is 0 Å². The summed E-state index contributed by atoms with van der Waals surface area (Å²) in [5.41, 5.74) is 0.807. The Morgan fingerprint density at radius 1 is 1.50 bits per heavy atom. The van der Waals surface area contributed by atoms with E-state index in [0.717, 1.165) is 49.3 Å². The molecule has 1 saturated heterocycles. The van der Waals surface area contributed by atoms with E-state index in [0.29, 0.717) is 5.92 Å². The van der Waals surface area contributed by atoms with E-state index < -0.39 is 0 Å². The molecule has 1 aromatic carbocycles. The topological polar surface area (TPSA) is 41.6 Å². The highest BCUT2D eigenvalue weighted by Crippen LogP contribution is 2.22. The minimum atomic E-state index is -0.0364. The van der Waals surface area contributed by atoms with Crippen LogP contribution in [0.15, 0.2) is 28.7 Å². The minimum absolute atomic E-state index is 0.0364. The van der Waals surface area contributed by atoms with Crippen molar-refractivity contribution < 1.29 is 9.53 Å². The monoisotopic (exact) mass is 340 g/mol. The molecular formula is C15H21BrN2O2. The Labute approximate surface area is 128 Å². The molecule has 1 heterocycles. The molecule has 1 atom stereocenters. The van der Waals surface area contributed by atoms with Gasteiger partial charge in [-0.05, 0) is 40.9 Å². The lowest BCUT2D eigenvalue weighted by atomic mass is 10.1. The van der Waals surface area contributed by atoms with Crippen molar-refractivity contribution in [2.75, 3.05) is 31.6 Å². The van der Waals surface area contributed by atoms with E-state index in [2.05, 4.69) is 28.2 Å². The van der Waals surface area contributed by atoms with E-state index in [-0.39, 0.29) is 6.03 Å². The summed E-state index contributed by atoms with van der Waals surface area (Å²) < 4.78 is 6.28. The number of amides is 2. The second-order valence-electron chi connectivity index (χ2n) is 5.09. The quantitative estimate of drug-likeness (QED) is 0.887. The van der Waals surface area contributed by atoms with Gasteiger partial charge in [0.1, 0.15) is 0 Å². The molecule has 4 nitrogen and oxygen atoms in total. The van der Waals surface area contributed by atoms with Crippen LogP contribution in [0.3, 0.4) is 0 Å². The maximum atomic E-state index is 12.4. The van der Waals surface area contributed by atoms with Crippen molar-refractivity contribution in [2.24, 2.45) is 5.92 Å². The molecule has 2 rings (SSSR count). The van der Waals surface area contributed by atoms with E-state index in [1.807, 2.05) is 29.2 Å². The first kappa shape index (κ1) is 15.3. The van der Waals surface area contributed by atoms with E-state index in [9.17, 15) is 4.79 Å². The van der Waals surface area contributed by atoms with Crippen LogP contribution < -0.4 is 5.32 Å². The molecular weight excluding hydrogens is 320 g/mol. The van der Waals surface area contributed by atoms with Crippen molar-refractivity contribution in [3.05, 3.63) is 28.7 Å². The number of benzene rings is 1. The van der Waals surface area contributed by atoms with Crippen LogP contribution in [0.4, 0.5) is 10.5 Å². The number of hydrogen-bond donors (Lipinski definition) is 1. The molecule has 20 heavy (non-hydrogen) atoms. The van der Waals surface area contributed by atoms with E-state index >= 15 is 0 Å². The van der Waals surface area contributed by atoms with Crippen LogP contribution in [0.2, 0.25) is 0 Å². The lowest BCUT2D eigenvalue weighted by molar-refractivity contribution is 0.169. The Balaban J connectivity index is 1.97. The zero-order chi connectivity index (χ0) is 14.4. The molecule has 0 aliphatic carbocycles. The molecule has 0 saturated carbocycles. The standard InChI is InChI=1S/C15H21BrN2O2/c1-2-8-18(10-12-7-9-20-11-12)15(19)17-14-6-4-3-5-13(14)16/h3-6,12H,2,7-11H2,1H3,(H,17,19). The first-order chi connectivity index (χ1) is 9.70. The molecule has 110 valence electrons. The molecule has 1 aliphatic rings. The second-order valence-corrected chi connectivity index (χ2v) is 5.94. The Kier molecular flexibility index (Phi) is 5.86. The predicted molar refractivity (Wildman–Crippen MR) is 84.0 cm³/mol. The number of anilines is 1. The Morgan fingerprint density at radius 3 is 2.95 bits per heavy atom. The van der Waals surface area contributed by atoms with Gasteiger partial charge in [0.2, 0.25) is 0 Å². The smallest absolute Gasteiger partial charge is 0.321 e. The number of urea groups is 1. The third kappa shape index (κ3) is 4.21. The number of hydrogen-bond acceptors (Lipinski definition) is 2. The fourth-order valence-electron chi connectivity index (χ4n) is 2.34. The van der Waals surface area contributed by atoms with Crippen LogP contribution in [0.1, 0.15) is 19.8 Å². The van der Waals surface area contributed by atoms with Crippen molar-refractivity contribution in [1.82, 2.24) is 4.90 Å². The molecule has 0 spiro atoms. The first-order valence-corrected chi connectivity index (χ1v) is 7.88. The first-order valence-electron chi connectivity index (χ1n) is 7.09. The van der Waals surface area contributed by atoms with Gasteiger partial charge >= 0.3 is 6.03 Å². The Hall–Kier alpha value is -1.07. The van der Waals surface area contributed by atoms with Crippen molar-refractivity contribution in [1.29, 1.82) is 0 Å². The average Bonchev–Trinajstić information content (AvgIpc) is 2.94. The highest BCUT2D eigenvalue weighted by Gasteiger charge is 2.22. The number of nitrogens with one attached hydrogen (secondary N) is 1. The zero-order valence-electron chi connectivity index (χ0n) is 11.8. The maximum absolute atomic E-state index is 12.4. The van der Waals surface area contributed by atoms with Gasteiger partial charge in [-0.3, -0.25) is 0 Å². The molecule has 1 unspecified atom stereocenters. The van der Waals surface area contributed by atoms with Crippen molar-refractivity contribution in [3.63, 3.8) is 0 Å². The van der Waals surface area contributed by atoms with Crippen molar-refractivity contribution >= 4 is 27.6 Å². The summed E-state index contributed by atoms with van der Waals surface area (Å²) in [6.45, 7) is 5.21. The summed E-state index contributed by atoms with van der Waals surface area (Å²) in [6, 6.07) is 7.62. The van der Waals surface area contributed by atoms with Gasteiger partial charge < -0.3 is 15.0 Å². The molecule has 1 fully saturated rings. The van der Waals surface area contributed by atoms with Crippen LogP contribution in [0, 0.1) is 5.92 Å². The third-order valence-electron chi connectivity index (χ3n) is 3.40. The lowest BCUT2D eigenvalue weighted by Crippen LogP contribution is -2.39. The van der Waals surface area contributed by atoms with Gasteiger partial charge in [-0.15, -0.1) is 0 Å². The van der Waals surface area contributed by atoms with Gasteiger partial charge in [0.15, 0.2) is 0 Å². The fourth-order valence-corrected chi connectivity index (χ4v) is 2.73. The van der Waals surface area contributed by atoms with E-state index in [4.69, 9.17) is 4.74 Å². The van der Waals surface area contributed by atoms with Gasteiger partial charge in [0.25, 0.3) is 0 Å². The number of rotatable bonds is 5. The number of nitrogens with zero attached hydrogens (tertiary/aromatic N) is 1. The normalized spacial score (nSPS) is 18.0. The average molecular weight is 341 g/mol. The summed E-state index contributed by atoms with van der Waals surface area (Å²) in [7, 11) is 0. The summed E-state index contributed by atoms with van der Waals surface area (Å²) in [4.78, 5) is 14.3. The van der Waals surface area contributed by atoms with Gasteiger partial charge in [-0.25, -0.2) is 4.79 Å². The number of ether oxygens (including phenoxy) is 1. The maximum Gasteiger partial charge on any atom is 0.321 e. The number of carbonyl (C=O) groups excluding carboxylic acids is 1. The highest BCUT2D eigenvalue weighted by atomic mass is 79.9. The van der Waals surface area contributed by atoms with Gasteiger partial charge in [0, 0.05) is 30.1 Å². The van der Waals surface area contributed by atoms with Gasteiger partial charge in [0.05, 0.1) is 12.3 Å². The zero-order valence-corrected chi connectivity index (χ0v) is 13.4. The molecule has 5 heteroatoms. The van der Waals surface area contributed by atoms with Crippen LogP contribution in [-0.4, -0.2) is 37.2 Å². The van der Waals surface area contributed by atoms with Crippen LogP contribution in [-0.2, 0) is 4.74 Å². The number of halogens is 1. The predicted octanol–water partition coefficient (Wildman–Crippen LogP) is 3.73. The van der Waals surface area contributed by atoms with E-state index in [1.54, 1.807) is 0 Å². The molecule has 2 amide bonds. The fraction of sp³-hybridized carbons (Fsp3) is 0.533. The van der Waals surface area contributed by atoms with Gasteiger partial charge in [-0.2, -0.15) is 0 Å². The SMILES string of the molecule is CCCN(CC1CCOC1)C(=O)Nc1ccccc1Br. The molecule has 1 aromatic rings. The third-order valence-corrected chi connectivity index (χ3v) is 4.09. The summed E-state index contributed by atoms with van der Waals surface area (Å²) >= 11 is 3.45. The van der Waals surface area contributed by atoms with Crippen LogP contribution in [0.5, 0.6) is 0 Å². The highest BCUT2D eigenvalue weighted by molar-refractivity contribution is 9.10. The molecule has 1 aliphatic heterocycles. The number of carbonyl (C=O) groups is 1. The van der Waals surface area contributed by atoms with Crippen molar-refractivity contribution in [2.45, 2.75) is 19.8 Å². The Morgan fingerprint density at radius 2 is 2.30 bits per heavy atom. The van der Waals surface area contributed by atoms with Crippen LogP contribution >= 0.6 is 15.9 Å². The van der Waals surface area contributed by atoms with Crippen molar-refractivity contribution in [3.8, 4) is 0 Å². The molecule has 0 radical (unpaired) electrons. The Bertz CT molecular complexity index is 447. The number of para-hydroxylation sites is 1. The summed E-state index contributed by atoms with van der Waals surface area (Å²) in [5, 5.41) is 2.97.